The Hall–Kier alpha value is -4.72. The molecule has 0 bridgehead atoms. The van der Waals surface area contributed by atoms with Crippen molar-refractivity contribution in [2.75, 3.05) is 31.3 Å². The van der Waals surface area contributed by atoms with E-state index in [4.69, 9.17) is 14.0 Å². The molecule has 16 heteroatoms. The Morgan fingerprint density at radius 1 is 1.04 bits per heavy atom. The summed E-state index contributed by atoms with van der Waals surface area (Å²) in [4.78, 5) is 78.4. The van der Waals surface area contributed by atoms with E-state index >= 15 is 0 Å². The van der Waals surface area contributed by atoms with E-state index in [1.54, 1.807) is 13.8 Å². The fourth-order valence-corrected chi connectivity index (χ4v) is 6.71. The number of anilines is 1. The first-order valence-electron chi connectivity index (χ1n) is 17.4. The fourth-order valence-electron chi connectivity index (χ4n) is 6.11. The average molecular weight is 745 g/mol. The van der Waals surface area contributed by atoms with Gasteiger partial charge in [0.05, 0.1) is 41.8 Å². The molecule has 52 heavy (non-hydrogen) atoms. The lowest BCUT2D eigenvalue weighted by Crippen LogP contribution is -2.49. The summed E-state index contributed by atoms with van der Waals surface area (Å²) >= 11 is 0. The van der Waals surface area contributed by atoms with Crippen LogP contribution >= 0.6 is 7.60 Å². The second-order valence-electron chi connectivity index (χ2n) is 12.4. The van der Waals surface area contributed by atoms with Gasteiger partial charge in [0.2, 0.25) is 12.3 Å². The van der Waals surface area contributed by atoms with Crippen molar-refractivity contribution < 1.29 is 51.9 Å². The maximum Gasteiger partial charge on any atom is 0.363 e. The van der Waals surface area contributed by atoms with Gasteiger partial charge in [-0.2, -0.15) is 5.06 Å². The van der Waals surface area contributed by atoms with E-state index in [-0.39, 0.29) is 53.4 Å². The number of rotatable bonds is 19. The number of hydrogen-bond acceptors (Lipinski definition) is 9. The van der Waals surface area contributed by atoms with Crippen LogP contribution in [-0.4, -0.2) is 71.5 Å². The summed E-state index contributed by atoms with van der Waals surface area (Å²) in [5.74, 6) is -3.27. The van der Waals surface area contributed by atoms with Gasteiger partial charge in [-0.3, -0.25) is 18.9 Å². The molecule has 0 aliphatic carbocycles. The van der Waals surface area contributed by atoms with Crippen LogP contribution < -0.4 is 25.6 Å². The standard InChI is InChI=1S/C36H46FN4O10P/c1-4-7-8-11-28(30(5-2)41(23-42)51-36(45)24-12-13-31(29(37)20-24)40-16-9-10-17-40)34(43)38-22-39-35(44)33-15-14-32(50-33)25-18-26(49-6-3)21-27(19-25)52(46,47)48/h12-15,18-21,23,28,30H,4-11,16-17,22H2,1-3H3,(H,38,43)(H,39,44)(H2,46,47,48)/t28?,30-/m1/s1. The number of carbonyl (C=O) groups excluding carboxylic acids is 4. The Balaban J connectivity index is 1.41. The number of nitrogens with one attached hydrogen (secondary N) is 2. The summed E-state index contributed by atoms with van der Waals surface area (Å²) in [5.41, 5.74) is 0.591. The third-order valence-corrected chi connectivity index (χ3v) is 9.68. The number of amides is 3. The summed E-state index contributed by atoms with van der Waals surface area (Å²) in [7, 11) is -4.62. The minimum absolute atomic E-state index is 0.0813. The van der Waals surface area contributed by atoms with E-state index in [1.165, 1.54) is 42.5 Å². The maximum atomic E-state index is 14.9. The second-order valence-corrected chi connectivity index (χ2v) is 14.0. The molecule has 2 heterocycles. The van der Waals surface area contributed by atoms with E-state index in [9.17, 15) is 37.9 Å². The fraction of sp³-hybridized carbons (Fsp3) is 0.444. The van der Waals surface area contributed by atoms with Gasteiger partial charge in [-0.05, 0) is 81.1 Å². The molecule has 0 saturated carbocycles. The zero-order chi connectivity index (χ0) is 37.8. The van der Waals surface area contributed by atoms with Crippen molar-refractivity contribution in [3.05, 3.63) is 65.7 Å². The molecule has 282 valence electrons. The number of unbranched alkanes of at least 4 members (excludes halogenated alkanes) is 2. The van der Waals surface area contributed by atoms with Gasteiger partial charge in [0.15, 0.2) is 5.76 Å². The van der Waals surface area contributed by atoms with Gasteiger partial charge in [0.1, 0.15) is 17.3 Å². The predicted octanol–water partition coefficient (Wildman–Crippen LogP) is 4.90. The highest BCUT2D eigenvalue weighted by molar-refractivity contribution is 7.60. The number of hydrogen-bond donors (Lipinski definition) is 4. The Bertz CT molecular complexity index is 1760. The quantitative estimate of drug-likeness (QED) is 0.0430. The van der Waals surface area contributed by atoms with Gasteiger partial charge >= 0.3 is 13.6 Å². The molecule has 0 spiro atoms. The third kappa shape index (κ3) is 10.4. The second kappa shape index (κ2) is 18.7. The van der Waals surface area contributed by atoms with Crippen LogP contribution in [0.4, 0.5) is 10.1 Å². The normalized spacial score (nSPS) is 14.0. The summed E-state index contributed by atoms with van der Waals surface area (Å²) in [5, 5.41) is 5.73. The Morgan fingerprint density at radius 3 is 2.42 bits per heavy atom. The molecule has 3 aromatic rings. The van der Waals surface area contributed by atoms with Crippen LogP contribution in [0.25, 0.3) is 11.3 Å². The molecule has 2 aromatic carbocycles. The van der Waals surface area contributed by atoms with Gasteiger partial charge in [-0.15, -0.1) is 0 Å². The van der Waals surface area contributed by atoms with Gasteiger partial charge in [0, 0.05) is 18.7 Å². The molecule has 1 aliphatic rings. The van der Waals surface area contributed by atoms with Crippen molar-refractivity contribution in [2.24, 2.45) is 5.92 Å². The van der Waals surface area contributed by atoms with Crippen LogP contribution in [0.2, 0.25) is 0 Å². The van der Waals surface area contributed by atoms with Crippen LogP contribution in [-0.2, 0) is 19.0 Å². The number of furan rings is 1. The topological polar surface area (TPSA) is 188 Å². The van der Waals surface area contributed by atoms with Crippen molar-refractivity contribution in [1.29, 1.82) is 0 Å². The molecule has 4 rings (SSSR count). The average Bonchev–Trinajstić information content (AvgIpc) is 3.84. The third-order valence-electron chi connectivity index (χ3n) is 8.75. The Kier molecular flexibility index (Phi) is 14.4. The molecule has 1 saturated heterocycles. The predicted molar refractivity (Wildman–Crippen MR) is 190 cm³/mol. The molecule has 4 N–H and O–H groups in total. The van der Waals surface area contributed by atoms with Crippen LogP contribution in [0, 0.1) is 11.7 Å². The van der Waals surface area contributed by atoms with Crippen molar-refractivity contribution in [2.45, 2.75) is 71.8 Å². The molecule has 1 fully saturated rings. The van der Waals surface area contributed by atoms with Crippen LogP contribution in [0.3, 0.4) is 0 Å². The van der Waals surface area contributed by atoms with Gasteiger partial charge in [0.25, 0.3) is 5.91 Å². The number of carbonyl (C=O) groups is 4. The minimum atomic E-state index is -4.62. The summed E-state index contributed by atoms with van der Waals surface area (Å²) < 4.78 is 37.9. The maximum absolute atomic E-state index is 14.9. The first-order valence-corrected chi connectivity index (χ1v) is 19.0. The van der Waals surface area contributed by atoms with Gasteiger partial charge < -0.3 is 39.3 Å². The van der Waals surface area contributed by atoms with Gasteiger partial charge in [-0.25, -0.2) is 9.18 Å². The molecule has 0 radical (unpaired) electrons. The summed E-state index contributed by atoms with van der Waals surface area (Å²) in [6.07, 6.45) is 5.16. The summed E-state index contributed by atoms with van der Waals surface area (Å²) in [6.45, 7) is 6.86. The zero-order valence-electron chi connectivity index (χ0n) is 29.5. The largest absolute Gasteiger partial charge is 0.494 e. The lowest BCUT2D eigenvalue weighted by atomic mass is 9.90. The van der Waals surface area contributed by atoms with E-state index < -0.39 is 43.2 Å². The van der Waals surface area contributed by atoms with Crippen molar-refractivity contribution >= 4 is 42.8 Å². The Morgan fingerprint density at radius 2 is 1.79 bits per heavy atom. The molecular formula is C36H46FN4O10P. The molecule has 1 unspecified atom stereocenters. The number of nitrogens with zero attached hydrogens (tertiary/aromatic N) is 2. The van der Waals surface area contributed by atoms with Crippen molar-refractivity contribution in [3.63, 3.8) is 0 Å². The highest BCUT2D eigenvalue weighted by Crippen LogP contribution is 2.37. The van der Waals surface area contributed by atoms with Crippen molar-refractivity contribution in [1.82, 2.24) is 15.7 Å². The van der Waals surface area contributed by atoms with E-state index in [1.807, 2.05) is 11.8 Å². The first-order chi connectivity index (χ1) is 24.9. The molecule has 1 aromatic heterocycles. The van der Waals surface area contributed by atoms with Gasteiger partial charge in [-0.1, -0.05) is 33.1 Å². The monoisotopic (exact) mass is 744 g/mol. The SMILES string of the molecule is CCCCCC(C(=O)NCNC(=O)c1ccc(-c2cc(OCC)cc(P(=O)(O)O)c2)o1)[C@@H](CC)N(C=O)OC(=O)c1ccc(N2CCCC2)c(F)c1. The number of halogens is 1. The van der Waals surface area contributed by atoms with E-state index in [0.29, 0.717) is 24.9 Å². The molecule has 2 atom stereocenters. The summed E-state index contributed by atoms with van der Waals surface area (Å²) in [6, 6.07) is 10.0. The van der Waals surface area contributed by atoms with Crippen LogP contribution in [0.5, 0.6) is 5.75 Å². The molecule has 14 nitrogen and oxygen atoms in total. The Labute approximate surface area is 301 Å². The van der Waals surface area contributed by atoms with Crippen molar-refractivity contribution in [3.8, 4) is 17.1 Å². The van der Waals surface area contributed by atoms with E-state index in [0.717, 1.165) is 49.9 Å². The highest BCUT2D eigenvalue weighted by atomic mass is 31.2. The molecular weight excluding hydrogens is 698 g/mol. The van der Waals surface area contributed by atoms with Crippen LogP contribution in [0.1, 0.15) is 86.6 Å². The first kappa shape index (κ1) is 40.1. The highest BCUT2D eigenvalue weighted by Gasteiger charge is 2.34. The lowest BCUT2D eigenvalue weighted by Gasteiger charge is -2.31. The molecule has 1 aliphatic heterocycles. The van der Waals surface area contributed by atoms with E-state index in [2.05, 4.69) is 10.6 Å². The number of ether oxygens (including phenoxy) is 1. The number of hydroxylamine groups is 2. The van der Waals surface area contributed by atoms with Crippen LogP contribution in [0.15, 0.2) is 52.9 Å². The number of benzene rings is 2. The smallest absolute Gasteiger partial charge is 0.363 e. The zero-order valence-corrected chi connectivity index (χ0v) is 30.4. The minimum Gasteiger partial charge on any atom is -0.494 e. The molecule has 3 amide bonds. The lowest BCUT2D eigenvalue weighted by molar-refractivity contribution is -0.171.